The summed E-state index contributed by atoms with van der Waals surface area (Å²) in [6, 6.07) is 7.55. The van der Waals surface area contributed by atoms with Crippen LogP contribution in [-0.4, -0.2) is 29.6 Å². The molecule has 1 saturated carbocycles. The minimum absolute atomic E-state index is 0.0825. The third-order valence-corrected chi connectivity index (χ3v) is 4.98. The van der Waals surface area contributed by atoms with Crippen LogP contribution in [0.4, 0.5) is 5.69 Å². The van der Waals surface area contributed by atoms with Crippen LogP contribution in [0.25, 0.3) is 0 Å². The van der Waals surface area contributed by atoms with E-state index in [0.29, 0.717) is 30.0 Å². The van der Waals surface area contributed by atoms with Crippen molar-refractivity contribution in [2.24, 2.45) is 0 Å². The second-order valence-corrected chi connectivity index (χ2v) is 6.78. The SMILES string of the molecule is CCSC1CCCC1NC(=O)CCOc1ccc(N)cc1. The van der Waals surface area contributed by atoms with E-state index in [1.165, 1.54) is 12.8 Å². The van der Waals surface area contributed by atoms with Gasteiger partial charge in [0.2, 0.25) is 5.91 Å². The molecule has 1 aromatic carbocycles. The second-order valence-electron chi connectivity index (χ2n) is 5.27. The number of nitrogen functional groups attached to an aromatic ring is 1. The standard InChI is InChI=1S/C16H24N2O2S/c1-2-21-15-5-3-4-14(15)18-16(19)10-11-20-13-8-6-12(17)7-9-13/h6-9,14-15H,2-5,10-11,17H2,1H3,(H,18,19). The summed E-state index contributed by atoms with van der Waals surface area (Å²) >= 11 is 1.95. The molecule has 3 N–H and O–H groups in total. The van der Waals surface area contributed by atoms with Crippen molar-refractivity contribution in [1.29, 1.82) is 0 Å². The lowest BCUT2D eigenvalue weighted by atomic mass is 10.2. The van der Waals surface area contributed by atoms with E-state index in [1.54, 1.807) is 12.1 Å². The van der Waals surface area contributed by atoms with E-state index in [1.807, 2.05) is 23.9 Å². The van der Waals surface area contributed by atoms with Gasteiger partial charge in [0.25, 0.3) is 0 Å². The van der Waals surface area contributed by atoms with Gasteiger partial charge in [0.05, 0.1) is 13.0 Å². The first-order valence-corrected chi connectivity index (χ1v) is 8.63. The molecule has 1 aliphatic rings. The number of nitrogens with one attached hydrogen (secondary N) is 1. The normalized spacial score (nSPS) is 21.2. The van der Waals surface area contributed by atoms with Gasteiger partial charge in [0, 0.05) is 17.0 Å². The Morgan fingerprint density at radius 1 is 1.38 bits per heavy atom. The van der Waals surface area contributed by atoms with Crippen LogP contribution in [-0.2, 0) is 4.79 Å². The Kier molecular flexibility index (Phi) is 6.23. The number of rotatable bonds is 7. The predicted molar refractivity (Wildman–Crippen MR) is 88.7 cm³/mol. The number of carbonyl (C=O) groups excluding carboxylic acids is 1. The van der Waals surface area contributed by atoms with E-state index in [9.17, 15) is 4.79 Å². The molecule has 0 radical (unpaired) electrons. The summed E-state index contributed by atoms with van der Waals surface area (Å²) in [5, 5.41) is 3.73. The van der Waals surface area contributed by atoms with Crippen LogP contribution in [0.2, 0.25) is 0 Å². The van der Waals surface area contributed by atoms with Crippen molar-refractivity contribution in [3.8, 4) is 5.75 Å². The summed E-state index contributed by atoms with van der Waals surface area (Å²) in [6.07, 6.45) is 3.92. The molecule has 5 heteroatoms. The third-order valence-electron chi connectivity index (χ3n) is 3.66. The predicted octanol–water partition coefficient (Wildman–Crippen LogP) is 2.83. The van der Waals surface area contributed by atoms with Gasteiger partial charge in [-0.05, 0) is 42.9 Å². The molecular weight excluding hydrogens is 284 g/mol. The summed E-state index contributed by atoms with van der Waals surface area (Å²) in [7, 11) is 0. The molecule has 0 aliphatic heterocycles. The zero-order valence-corrected chi connectivity index (χ0v) is 13.3. The first-order valence-electron chi connectivity index (χ1n) is 7.58. The lowest BCUT2D eigenvalue weighted by Gasteiger charge is -2.20. The van der Waals surface area contributed by atoms with Crippen LogP contribution in [0.3, 0.4) is 0 Å². The molecule has 0 saturated heterocycles. The van der Waals surface area contributed by atoms with E-state index < -0.39 is 0 Å². The Balaban J connectivity index is 1.68. The van der Waals surface area contributed by atoms with Crippen LogP contribution >= 0.6 is 11.8 Å². The van der Waals surface area contributed by atoms with Crippen molar-refractivity contribution >= 4 is 23.4 Å². The molecule has 0 aromatic heterocycles. The molecule has 0 heterocycles. The first-order chi connectivity index (χ1) is 10.2. The molecule has 2 unspecified atom stereocenters. The number of hydrogen-bond acceptors (Lipinski definition) is 4. The molecule has 0 spiro atoms. The molecular formula is C16H24N2O2S. The number of nitrogens with two attached hydrogens (primary N) is 1. The van der Waals surface area contributed by atoms with E-state index in [-0.39, 0.29) is 5.91 Å². The number of thioether (sulfide) groups is 1. The highest BCUT2D eigenvalue weighted by molar-refractivity contribution is 7.99. The molecule has 4 nitrogen and oxygen atoms in total. The van der Waals surface area contributed by atoms with E-state index in [0.717, 1.165) is 17.9 Å². The Labute approximate surface area is 130 Å². The Bertz CT molecular complexity index is 450. The molecule has 1 amide bonds. The van der Waals surface area contributed by atoms with Crippen molar-refractivity contribution < 1.29 is 9.53 Å². The minimum atomic E-state index is 0.0825. The lowest BCUT2D eigenvalue weighted by Crippen LogP contribution is -2.39. The average molecular weight is 308 g/mol. The Morgan fingerprint density at radius 3 is 2.86 bits per heavy atom. The van der Waals surface area contributed by atoms with E-state index >= 15 is 0 Å². The smallest absolute Gasteiger partial charge is 0.223 e. The number of ether oxygens (including phenoxy) is 1. The molecule has 2 atom stereocenters. The van der Waals surface area contributed by atoms with Gasteiger partial charge in [0.1, 0.15) is 5.75 Å². The summed E-state index contributed by atoms with van der Waals surface area (Å²) in [5.74, 6) is 1.94. The molecule has 1 aliphatic carbocycles. The quantitative estimate of drug-likeness (QED) is 0.760. The fourth-order valence-electron chi connectivity index (χ4n) is 2.61. The average Bonchev–Trinajstić information content (AvgIpc) is 2.89. The lowest BCUT2D eigenvalue weighted by molar-refractivity contribution is -0.122. The van der Waals surface area contributed by atoms with Crippen molar-refractivity contribution in [3.63, 3.8) is 0 Å². The van der Waals surface area contributed by atoms with Gasteiger partial charge >= 0.3 is 0 Å². The van der Waals surface area contributed by atoms with Gasteiger partial charge in [-0.2, -0.15) is 11.8 Å². The first kappa shape index (κ1) is 16.0. The summed E-state index contributed by atoms with van der Waals surface area (Å²) in [4.78, 5) is 12.0. The molecule has 0 bridgehead atoms. The topological polar surface area (TPSA) is 64.3 Å². The monoisotopic (exact) mass is 308 g/mol. The highest BCUT2D eigenvalue weighted by Crippen LogP contribution is 2.29. The number of hydrogen-bond donors (Lipinski definition) is 2. The van der Waals surface area contributed by atoms with Crippen LogP contribution in [0.5, 0.6) is 5.75 Å². The fraction of sp³-hybridized carbons (Fsp3) is 0.562. The van der Waals surface area contributed by atoms with Crippen LogP contribution in [0.1, 0.15) is 32.6 Å². The highest BCUT2D eigenvalue weighted by Gasteiger charge is 2.28. The van der Waals surface area contributed by atoms with Gasteiger partial charge in [0.15, 0.2) is 0 Å². The van der Waals surface area contributed by atoms with Crippen molar-refractivity contribution in [2.75, 3.05) is 18.1 Å². The maximum absolute atomic E-state index is 12.0. The van der Waals surface area contributed by atoms with Crippen molar-refractivity contribution in [1.82, 2.24) is 5.32 Å². The fourth-order valence-corrected chi connectivity index (χ4v) is 3.81. The van der Waals surface area contributed by atoms with Gasteiger partial charge in [-0.15, -0.1) is 0 Å². The number of benzene rings is 1. The highest BCUT2D eigenvalue weighted by atomic mass is 32.2. The molecule has 1 fully saturated rings. The van der Waals surface area contributed by atoms with Crippen LogP contribution in [0, 0.1) is 0 Å². The Hall–Kier alpha value is -1.36. The second kappa shape index (κ2) is 8.17. The molecule has 116 valence electrons. The Morgan fingerprint density at radius 2 is 2.14 bits per heavy atom. The molecule has 21 heavy (non-hydrogen) atoms. The van der Waals surface area contributed by atoms with E-state index in [4.69, 9.17) is 10.5 Å². The summed E-state index contributed by atoms with van der Waals surface area (Å²) < 4.78 is 5.55. The largest absolute Gasteiger partial charge is 0.493 e. The third kappa shape index (κ3) is 5.16. The number of carbonyl (C=O) groups is 1. The van der Waals surface area contributed by atoms with Crippen molar-refractivity contribution in [3.05, 3.63) is 24.3 Å². The van der Waals surface area contributed by atoms with Crippen LogP contribution < -0.4 is 15.8 Å². The molecule has 1 aromatic rings. The van der Waals surface area contributed by atoms with Gasteiger partial charge in [-0.25, -0.2) is 0 Å². The molecule has 2 rings (SSSR count). The number of anilines is 1. The summed E-state index contributed by atoms with van der Waals surface area (Å²) in [5.41, 5.74) is 6.32. The minimum Gasteiger partial charge on any atom is -0.493 e. The van der Waals surface area contributed by atoms with Gasteiger partial charge < -0.3 is 15.8 Å². The number of amides is 1. The van der Waals surface area contributed by atoms with Gasteiger partial charge in [-0.1, -0.05) is 13.3 Å². The van der Waals surface area contributed by atoms with E-state index in [2.05, 4.69) is 12.2 Å². The maximum Gasteiger partial charge on any atom is 0.223 e. The van der Waals surface area contributed by atoms with Crippen LogP contribution in [0.15, 0.2) is 24.3 Å². The zero-order valence-electron chi connectivity index (χ0n) is 12.5. The summed E-state index contributed by atoms with van der Waals surface area (Å²) in [6.45, 7) is 2.57. The maximum atomic E-state index is 12.0. The zero-order chi connectivity index (χ0) is 15.1. The van der Waals surface area contributed by atoms with Crippen molar-refractivity contribution in [2.45, 2.75) is 43.9 Å². The van der Waals surface area contributed by atoms with Gasteiger partial charge in [-0.3, -0.25) is 4.79 Å².